The van der Waals surface area contributed by atoms with Crippen LogP contribution in [0.2, 0.25) is 0 Å². The molecule has 0 radical (unpaired) electrons. The molecular formula is C24H13F4N5O2. The van der Waals surface area contributed by atoms with Gasteiger partial charge in [-0.2, -0.15) is 18.4 Å². The lowest BCUT2D eigenvalue weighted by molar-refractivity contribution is -0.137. The molecule has 3 aromatic carbocycles. The van der Waals surface area contributed by atoms with Gasteiger partial charge in [0.05, 0.1) is 28.4 Å². The van der Waals surface area contributed by atoms with Crippen molar-refractivity contribution in [2.45, 2.75) is 6.18 Å². The first-order valence-corrected chi connectivity index (χ1v) is 9.90. The molecule has 0 fully saturated rings. The van der Waals surface area contributed by atoms with Crippen molar-refractivity contribution in [3.05, 3.63) is 95.1 Å². The summed E-state index contributed by atoms with van der Waals surface area (Å²) in [6.45, 7) is 0. The molecule has 4 rings (SSSR count). The highest BCUT2D eigenvalue weighted by molar-refractivity contribution is 6.10. The molecule has 0 saturated heterocycles. The van der Waals surface area contributed by atoms with Gasteiger partial charge in [0.25, 0.3) is 0 Å². The predicted octanol–water partition coefficient (Wildman–Crippen LogP) is 5.53. The Bertz CT molecular complexity index is 1510. The fourth-order valence-corrected chi connectivity index (χ4v) is 3.21. The van der Waals surface area contributed by atoms with Crippen LogP contribution in [0.15, 0.2) is 66.9 Å². The zero-order valence-electron chi connectivity index (χ0n) is 17.5. The number of anilines is 2. The lowest BCUT2D eigenvalue weighted by Crippen LogP contribution is -2.20. The van der Waals surface area contributed by atoms with E-state index in [2.05, 4.69) is 20.6 Å². The molecule has 0 saturated carbocycles. The molecule has 7 nitrogen and oxygen atoms in total. The van der Waals surface area contributed by atoms with E-state index in [0.29, 0.717) is 11.0 Å². The van der Waals surface area contributed by atoms with Crippen molar-refractivity contribution in [3.8, 4) is 6.07 Å². The van der Waals surface area contributed by atoms with Crippen molar-refractivity contribution in [1.82, 2.24) is 9.97 Å². The van der Waals surface area contributed by atoms with E-state index in [1.807, 2.05) is 6.07 Å². The van der Waals surface area contributed by atoms with Gasteiger partial charge in [-0.15, -0.1) is 0 Å². The monoisotopic (exact) mass is 479 g/mol. The minimum Gasteiger partial charge on any atom is -0.308 e. The van der Waals surface area contributed by atoms with E-state index < -0.39 is 29.4 Å². The molecule has 0 unspecified atom stereocenters. The average Bonchev–Trinajstić information content (AvgIpc) is 2.82. The number of hydrogen-bond donors (Lipinski definition) is 2. The number of fused-ring (bicyclic) bond motifs is 1. The highest BCUT2D eigenvalue weighted by atomic mass is 19.4. The number of aromatic nitrogens is 2. The van der Waals surface area contributed by atoms with E-state index in [9.17, 15) is 27.2 Å². The average molecular weight is 479 g/mol. The summed E-state index contributed by atoms with van der Waals surface area (Å²) in [6.07, 6.45) is -3.28. The summed E-state index contributed by atoms with van der Waals surface area (Å²) in [7, 11) is 0. The van der Waals surface area contributed by atoms with Crippen LogP contribution in [0.3, 0.4) is 0 Å². The number of rotatable bonds is 4. The molecule has 0 aliphatic heterocycles. The Morgan fingerprint density at radius 2 is 1.66 bits per heavy atom. The molecule has 174 valence electrons. The minimum absolute atomic E-state index is 0.0217. The Morgan fingerprint density at radius 3 is 2.34 bits per heavy atom. The second-order valence-corrected chi connectivity index (χ2v) is 7.25. The zero-order valence-corrected chi connectivity index (χ0v) is 17.5. The molecule has 0 aliphatic carbocycles. The lowest BCUT2D eigenvalue weighted by Gasteiger charge is -2.11. The van der Waals surface area contributed by atoms with Crippen LogP contribution >= 0.6 is 0 Å². The first kappa shape index (κ1) is 23.3. The predicted molar refractivity (Wildman–Crippen MR) is 118 cm³/mol. The van der Waals surface area contributed by atoms with Crippen molar-refractivity contribution in [2.75, 3.05) is 10.6 Å². The van der Waals surface area contributed by atoms with Gasteiger partial charge in [0.15, 0.2) is 11.5 Å². The molecule has 0 aliphatic rings. The van der Waals surface area contributed by atoms with Crippen molar-refractivity contribution in [2.24, 2.45) is 0 Å². The van der Waals surface area contributed by atoms with Crippen LogP contribution in [0.4, 0.5) is 33.7 Å². The number of halogens is 4. The summed E-state index contributed by atoms with van der Waals surface area (Å²) in [5.74, 6) is -1.59. The van der Waals surface area contributed by atoms with Crippen molar-refractivity contribution in [3.63, 3.8) is 0 Å². The number of carbonyl (C=O) groups excluding carboxylic acids is 2. The van der Waals surface area contributed by atoms with E-state index in [0.717, 1.165) is 24.3 Å². The largest absolute Gasteiger partial charge is 0.416 e. The number of amides is 2. The minimum atomic E-state index is -4.57. The molecular weight excluding hydrogens is 466 g/mol. The fourth-order valence-electron chi connectivity index (χ4n) is 3.21. The van der Waals surface area contributed by atoms with Crippen LogP contribution in [0, 0.1) is 17.1 Å². The summed E-state index contributed by atoms with van der Waals surface area (Å²) in [6, 6.07) is 12.7. The molecule has 35 heavy (non-hydrogen) atoms. The molecule has 0 bridgehead atoms. The van der Waals surface area contributed by atoms with Gasteiger partial charge in [-0.3, -0.25) is 9.78 Å². The molecule has 2 N–H and O–H groups in total. The number of hydrogen-bond acceptors (Lipinski definition) is 5. The van der Waals surface area contributed by atoms with Crippen LogP contribution < -0.4 is 10.6 Å². The van der Waals surface area contributed by atoms with E-state index >= 15 is 0 Å². The number of carbonyl (C=O) groups is 2. The summed E-state index contributed by atoms with van der Waals surface area (Å²) < 4.78 is 53.1. The van der Waals surface area contributed by atoms with Gasteiger partial charge in [0.2, 0.25) is 0 Å². The number of nitrogens with one attached hydrogen (secondary N) is 2. The SMILES string of the molecule is N#Cc1cnc2ccc(C(=O)c3ccc(NC(=O)Nc4cccc(C(F)(F)F)c4)cc3F)cc2n1. The normalized spacial score (nSPS) is 11.1. The summed E-state index contributed by atoms with van der Waals surface area (Å²) >= 11 is 0. The van der Waals surface area contributed by atoms with Crippen molar-refractivity contribution in [1.29, 1.82) is 5.26 Å². The standard InChI is InChI=1S/C24H13F4N5O2/c25-19-10-16(33-23(35)32-15-3-1-2-14(9-15)24(26,27)28)5-6-18(19)22(34)13-4-7-20-21(8-13)31-17(11-29)12-30-20/h1-10,12H,(H2,32,33,35). The topological polar surface area (TPSA) is 108 Å². The third kappa shape index (κ3) is 5.22. The molecule has 1 heterocycles. The van der Waals surface area contributed by atoms with Crippen molar-refractivity contribution < 1.29 is 27.2 Å². The Morgan fingerprint density at radius 1 is 0.914 bits per heavy atom. The van der Waals surface area contributed by atoms with Gasteiger partial charge in [0, 0.05) is 16.9 Å². The zero-order chi connectivity index (χ0) is 25.2. The molecule has 11 heteroatoms. The third-order valence-corrected chi connectivity index (χ3v) is 4.84. The summed E-state index contributed by atoms with van der Waals surface area (Å²) in [4.78, 5) is 33.1. The van der Waals surface area contributed by atoms with Crippen LogP contribution in [-0.4, -0.2) is 21.8 Å². The Balaban J connectivity index is 1.50. The van der Waals surface area contributed by atoms with E-state index in [-0.39, 0.29) is 28.2 Å². The Hall–Kier alpha value is -4.85. The van der Waals surface area contributed by atoms with Gasteiger partial charge < -0.3 is 10.6 Å². The quantitative estimate of drug-likeness (QED) is 0.295. The van der Waals surface area contributed by atoms with Gasteiger partial charge in [-0.25, -0.2) is 14.2 Å². The summed E-state index contributed by atoms with van der Waals surface area (Å²) in [5.41, 5.74) is -0.427. The first-order chi connectivity index (χ1) is 16.6. The number of urea groups is 1. The number of nitriles is 1. The number of alkyl halides is 3. The molecule has 1 aromatic heterocycles. The van der Waals surface area contributed by atoms with E-state index in [1.165, 1.54) is 42.6 Å². The number of ketones is 1. The van der Waals surface area contributed by atoms with Crippen LogP contribution in [0.5, 0.6) is 0 Å². The maximum atomic E-state index is 14.7. The fraction of sp³-hybridized carbons (Fsp3) is 0.0417. The van der Waals surface area contributed by atoms with Gasteiger partial charge in [-0.05, 0) is 54.6 Å². The van der Waals surface area contributed by atoms with E-state index in [1.54, 1.807) is 0 Å². The second-order valence-electron chi connectivity index (χ2n) is 7.25. The van der Waals surface area contributed by atoms with E-state index in [4.69, 9.17) is 5.26 Å². The highest BCUT2D eigenvalue weighted by Crippen LogP contribution is 2.30. The maximum absolute atomic E-state index is 14.7. The molecule has 2 amide bonds. The van der Waals surface area contributed by atoms with Gasteiger partial charge in [-0.1, -0.05) is 6.07 Å². The molecule has 0 spiro atoms. The Kier molecular flexibility index (Phi) is 6.12. The van der Waals surface area contributed by atoms with Gasteiger partial charge >= 0.3 is 12.2 Å². The molecule has 4 aromatic rings. The van der Waals surface area contributed by atoms with Crippen LogP contribution in [-0.2, 0) is 6.18 Å². The smallest absolute Gasteiger partial charge is 0.308 e. The van der Waals surface area contributed by atoms with Gasteiger partial charge in [0.1, 0.15) is 11.9 Å². The molecule has 0 atom stereocenters. The number of nitrogens with zero attached hydrogens (tertiary/aromatic N) is 3. The maximum Gasteiger partial charge on any atom is 0.416 e. The highest BCUT2D eigenvalue weighted by Gasteiger charge is 2.30. The Labute approximate surface area is 195 Å². The third-order valence-electron chi connectivity index (χ3n) is 4.84. The first-order valence-electron chi connectivity index (χ1n) is 9.90. The number of benzene rings is 3. The van der Waals surface area contributed by atoms with Crippen molar-refractivity contribution >= 4 is 34.2 Å². The summed E-state index contributed by atoms with van der Waals surface area (Å²) in [5, 5.41) is 13.5. The lowest BCUT2D eigenvalue weighted by atomic mass is 10.0. The second kappa shape index (κ2) is 9.18. The van der Waals surface area contributed by atoms with Crippen LogP contribution in [0.1, 0.15) is 27.2 Å². The van der Waals surface area contributed by atoms with Crippen LogP contribution in [0.25, 0.3) is 11.0 Å².